The second-order valence-corrected chi connectivity index (χ2v) is 12.0. The van der Waals surface area contributed by atoms with Gasteiger partial charge < -0.3 is 10.1 Å². The number of rotatable bonds is 8. The number of nitrogens with one attached hydrogen (secondary N) is 2. The minimum Gasteiger partial charge on any atom is -0.406 e. The molecule has 1 saturated heterocycles. The standard InChI is InChI=1S/C32H33F3N6O3S/c1-19(2)26-14-5-20(3)15-27(26)41-28(42)17-45-31(41)38-30(43)36-16-21(4)22-6-8-23(9-7-22)29-37-18-40(39-29)24-10-12-25(13-11-24)44-32(33,34)35/h5-15,18-19,21,29,39H,16-17H2,1-4H3,(H,36,43). The molecule has 2 heterocycles. The van der Waals surface area contributed by atoms with Crippen LogP contribution in [0.1, 0.15) is 61.0 Å². The van der Waals surface area contributed by atoms with E-state index in [9.17, 15) is 22.8 Å². The van der Waals surface area contributed by atoms with Crippen molar-refractivity contribution in [2.75, 3.05) is 22.2 Å². The second kappa shape index (κ2) is 13.3. The van der Waals surface area contributed by atoms with Gasteiger partial charge in [0.25, 0.3) is 0 Å². The quantitative estimate of drug-likeness (QED) is 0.275. The van der Waals surface area contributed by atoms with Gasteiger partial charge in [-0.2, -0.15) is 10.4 Å². The van der Waals surface area contributed by atoms with Crippen molar-refractivity contribution in [1.82, 2.24) is 10.7 Å². The SMILES string of the molecule is Cc1ccc(C(C)C)c(N2C(=O)CSC2=NC(=O)NCC(C)c2ccc(C3N=CN(c4ccc(OC(F)(F)F)cc4)N3)cc2)c1. The molecule has 13 heteroatoms. The van der Waals surface area contributed by atoms with E-state index in [4.69, 9.17) is 0 Å². The molecule has 3 aromatic carbocycles. The molecular formula is C32H33F3N6O3S. The van der Waals surface area contributed by atoms with E-state index in [1.807, 2.05) is 56.3 Å². The summed E-state index contributed by atoms with van der Waals surface area (Å²) in [6.45, 7) is 8.43. The van der Waals surface area contributed by atoms with E-state index in [2.05, 4.69) is 39.3 Å². The van der Waals surface area contributed by atoms with E-state index >= 15 is 0 Å². The van der Waals surface area contributed by atoms with Gasteiger partial charge in [0, 0.05) is 6.54 Å². The van der Waals surface area contributed by atoms with Gasteiger partial charge in [-0.05, 0) is 71.3 Å². The lowest BCUT2D eigenvalue weighted by Gasteiger charge is -2.22. The molecular weight excluding hydrogens is 605 g/mol. The number of thioether (sulfide) groups is 1. The van der Waals surface area contributed by atoms with Gasteiger partial charge in [-0.25, -0.2) is 9.79 Å². The van der Waals surface area contributed by atoms with E-state index in [-0.39, 0.29) is 35.4 Å². The Bertz CT molecular complexity index is 1610. The first-order valence-corrected chi connectivity index (χ1v) is 15.3. The van der Waals surface area contributed by atoms with E-state index in [0.717, 1.165) is 27.9 Å². The molecule has 2 atom stereocenters. The van der Waals surface area contributed by atoms with Crippen LogP contribution in [-0.2, 0) is 4.79 Å². The predicted molar refractivity (Wildman–Crippen MR) is 171 cm³/mol. The number of ether oxygens (including phenoxy) is 1. The number of carbonyl (C=O) groups is 2. The molecule has 2 aliphatic rings. The fourth-order valence-electron chi connectivity index (χ4n) is 4.95. The Kier molecular flexibility index (Phi) is 9.49. The van der Waals surface area contributed by atoms with Crippen molar-refractivity contribution in [2.45, 2.75) is 52.1 Å². The number of halogens is 3. The van der Waals surface area contributed by atoms with Crippen LogP contribution >= 0.6 is 11.8 Å². The number of hydrogen-bond acceptors (Lipinski definition) is 7. The van der Waals surface area contributed by atoms with Gasteiger partial charge in [0.15, 0.2) is 5.17 Å². The first-order chi connectivity index (χ1) is 21.4. The molecule has 2 N–H and O–H groups in total. The van der Waals surface area contributed by atoms with Crippen molar-refractivity contribution in [3.63, 3.8) is 0 Å². The monoisotopic (exact) mass is 638 g/mol. The van der Waals surface area contributed by atoms with Crippen LogP contribution < -0.4 is 25.4 Å². The third-order valence-electron chi connectivity index (χ3n) is 7.33. The zero-order valence-corrected chi connectivity index (χ0v) is 25.9. The third kappa shape index (κ3) is 7.84. The van der Waals surface area contributed by atoms with Crippen LogP contribution in [0.15, 0.2) is 76.7 Å². The Labute approximate surface area is 263 Å². The van der Waals surface area contributed by atoms with Crippen LogP contribution in [0.2, 0.25) is 0 Å². The van der Waals surface area contributed by atoms with Crippen LogP contribution in [0.5, 0.6) is 5.75 Å². The molecule has 2 unspecified atom stereocenters. The highest BCUT2D eigenvalue weighted by Crippen LogP contribution is 2.34. The van der Waals surface area contributed by atoms with Gasteiger partial charge in [0.1, 0.15) is 18.3 Å². The molecule has 9 nitrogen and oxygen atoms in total. The average Bonchev–Trinajstić information content (AvgIpc) is 3.62. The molecule has 1 fully saturated rings. The average molecular weight is 639 g/mol. The summed E-state index contributed by atoms with van der Waals surface area (Å²) in [5.41, 5.74) is 8.47. The number of alkyl halides is 3. The molecule has 0 saturated carbocycles. The Morgan fingerprint density at radius 3 is 2.49 bits per heavy atom. The molecule has 3 amide bonds. The normalized spacial score (nSPS) is 18.3. The van der Waals surface area contributed by atoms with Crippen molar-refractivity contribution < 1.29 is 27.5 Å². The predicted octanol–water partition coefficient (Wildman–Crippen LogP) is 7.02. The number of amides is 3. The van der Waals surface area contributed by atoms with Crippen molar-refractivity contribution in [1.29, 1.82) is 0 Å². The molecule has 45 heavy (non-hydrogen) atoms. The summed E-state index contributed by atoms with van der Waals surface area (Å²) in [4.78, 5) is 35.9. The Balaban J connectivity index is 1.16. The van der Waals surface area contributed by atoms with E-state index in [0.29, 0.717) is 17.4 Å². The van der Waals surface area contributed by atoms with Crippen LogP contribution in [0.25, 0.3) is 0 Å². The zero-order chi connectivity index (χ0) is 32.3. The molecule has 5 rings (SSSR count). The minimum absolute atomic E-state index is 0.0181. The highest BCUT2D eigenvalue weighted by atomic mass is 32.2. The fraction of sp³-hybridized carbons (Fsp3) is 0.312. The highest BCUT2D eigenvalue weighted by molar-refractivity contribution is 8.15. The summed E-state index contributed by atoms with van der Waals surface area (Å²) in [7, 11) is 0. The van der Waals surface area contributed by atoms with Crippen molar-refractivity contribution in [2.24, 2.45) is 9.98 Å². The number of urea groups is 1. The van der Waals surface area contributed by atoms with Gasteiger partial charge in [-0.15, -0.1) is 13.2 Å². The van der Waals surface area contributed by atoms with Gasteiger partial charge in [0.05, 0.1) is 17.1 Å². The largest absolute Gasteiger partial charge is 0.573 e. The van der Waals surface area contributed by atoms with Crippen molar-refractivity contribution >= 4 is 46.6 Å². The number of carbonyl (C=O) groups excluding carboxylic acids is 2. The molecule has 236 valence electrons. The lowest BCUT2D eigenvalue weighted by Crippen LogP contribution is -2.33. The number of hydrazine groups is 1. The van der Waals surface area contributed by atoms with Crippen LogP contribution in [-0.4, -0.2) is 42.1 Å². The highest BCUT2D eigenvalue weighted by Gasteiger charge is 2.33. The number of aryl methyl sites for hydroxylation is 1. The van der Waals surface area contributed by atoms with Gasteiger partial charge >= 0.3 is 12.4 Å². The van der Waals surface area contributed by atoms with E-state index in [1.54, 1.807) is 16.2 Å². The summed E-state index contributed by atoms with van der Waals surface area (Å²) in [6.07, 6.45) is -3.56. The molecule has 3 aromatic rings. The summed E-state index contributed by atoms with van der Waals surface area (Å²) >= 11 is 1.25. The maximum absolute atomic E-state index is 12.8. The minimum atomic E-state index is -4.75. The van der Waals surface area contributed by atoms with Crippen molar-refractivity contribution in [3.05, 3.63) is 89.0 Å². The Morgan fingerprint density at radius 1 is 1.11 bits per heavy atom. The van der Waals surface area contributed by atoms with Crippen LogP contribution in [0, 0.1) is 6.92 Å². The van der Waals surface area contributed by atoms with Crippen LogP contribution in [0.3, 0.4) is 0 Å². The number of anilines is 2. The molecule has 0 aliphatic carbocycles. The smallest absolute Gasteiger partial charge is 0.406 e. The summed E-state index contributed by atoms with van der Waals surface area (Å²) in [6, 6.07) is 18.7. The lowest BCUT2D eigenvalue weighted by molar-refractivity contribution is -0.274. The Morgan fingerprint density at radius 2 is 1.82 bits per heavy atom. The van der Waals surface area contributed by atoms with Gasteiger partial charge in [-0.1, -0.05) is 68.9 Å². The van der Waals surface area contributed by atoms with Crippen LogP contribution in [0.4, 0.5) is 29.3 Å². The second-order valence-electron chi connectivity index (χ2n) is 11.1. The number of benzene rings is 3. The molecule has 0 aromatic heterocycles. The summed E-state index contributed by atoms with van der Waals surface area (Å²) in [5.74, 6) is -0.00912. The first kappa shape index (κ1) is 32.0. The van der Waals surface area contributed by atoms with Gasteiger partial charge in [0.2, 0.25) is 5.91 Å². The number of hydrogen-bond donors (Lipinski definition) is 2. The fourth-order valence-corrected chi connectivity index (χ4v) is 5.81. The number of aliphatic imine (C=N–C) groups is 2. The number of nitrogens with zero attached hydrogens (tertiary/aromatic N) is 4. The molecule has 0 radical (unpaired) electrons. The van der Waals surface area contributed by atoms with E-state index < -0.39 is 12.4 Å². The number of amidine groups is 1. The summed E-state index contributed by atoms with van der Waals surface area (Å²) < 4.78 is 41.2. The maximum atomic E-state index is 12.8. The zero-order valence-electron chi connectivity index (χ0n) is 25.1. The maximum Gasteiger partial charge on any atom is 0.573 e. The van der Waals surface area contributed by atoms with Gasteiger partial charge in [-0.3, -0.25) is 14.7 Å². The summed E-state index contributed by atoms with van der Waals surface area (Å²) in [5, 5.41) is 4.85. The molecule has 0 spiro atoms. The topological polar surface area (TPSA) is 98.6 Å². The van der Waals surface area contributed by atoms with Crippen molar-refractivity contribution in [3.8, 4) is 5.75 Å². The first-order valence-electron chi connectivity index (χ1n) is 14.3. The Hall–Kier alpha value is -4.36. The third-order valence-corrected chi connectivity index (χ3v) is 8.26. The molecule has 0 bridgehead atoms. The lowest BCUT2D eigenvalue weighted by atomic mass is 9.99. The van der Waals surface area contributed by atoms with E-state index in [1.165, 1.54) is 36.0 Å². The molecule has 2 aliphatic heterocycles.